The third-order valence-corrected chi connectivity index (χ3v) is 5.33. The van der Waals surface area contributed by atoms with Crippen LogP contribution < -0.4 is 5.32 Å². The van der Waals surface area contributed by atoms with Crippen LogP contribution in [0, 0.1) is 5.92 Å². The summed E-state index contributed by atoms with van der Waals surface area (Å²) in [5.41, 5.74) is 0.887. The number of nitrogens with zero attached hydrogens (tertiary/aromatic N) is 1. The van der Waals surface area contributed by atoms with Crippen molar-refractivity contribution < 1.29 is 9.21 Å². The molecule has 122 valence electrons. The minimum atomic E-state index is 0.233. The zero-order valence-electron chi connectivity index (χ0n) is 13.6. The first kappa shape index (κ1) is 14.8. The number of hydrogen-bond acceptors (Lipinski definition) is 3. The van der Waals surface area contributed by atoms with Crippen LogP contribution in [-0.4, -0.2) is 29.9 Å². The van der Waals surface area contributed by atoms with Gasteiger partial charge in [0.2, 0.25) is 5.91 Å². The molecule has 2 unspecified atom stereocenters. The molecule has 1 aromatic carbocycles. The van der Waals surface area contributed by atoms with Crippen molar-refractivity contribution in [3.05, 3.63) is 36.1 Å². The summed E-state index contributed by atoms with van der Waals surface area (Å²) in [6.45, 7) is 0.547. The van der Waals surface area contributed by atoms with E-state index in [0.29, 0.717) is 31.0 Å². The molecule has 3 heterocycles. The Balaban J connectivity index is 1.36. The third-order valence-electron chi connectivity index (χ3n) is 5.33. The van der Waals surface area contributed by atoms with Crippen LogP contribution in [0.15, 0.2) is 34.7 Å². The Morgan fingerprint density at radius 2 is 2.00 bits per heavy atom. The van der Waals surface area contributed by atoms with Gasteiger partial charge in [-0.25, -0.2) is 0 Å². The fourth-order valence-electron chi connectivity index (χ4n) is 4.18. The lowest BCUT2D eigenvalue weighted by Crippen LogP contribution is -2.39. The number of hydrogen-bond donors (Lipinski definition) is 1. The zero-order chi connectivity index (χ0) is 15.8. The van der Waals surface area contributed by atoms with E-state index in [2.05, 4.69) is 5.32 Å². The third kappa shape index (κ3) is 3.13. The number of nitrogens with one attached hydrogen (secondary N) is 1. The molecule has 1 aromatic heterocycles. The second-order valence-electron chi connectivity index (χ2n) is 7.18. The number of fused-ring (bicyclic) bond motifs is 3. The van der Waals surface area contributed by atoms with Crippen LogP contribution in [0.5, 0.6) is 0 Å². The molecule has 0 aliphatic carbocycles. The zero-order valence-corrected chi connectivity index (χ0v) is 13.6. The molecule has 0 saturated carbocycles. The molecule has 0 spiro atoms. The van der Waals surface area contributed by atoms with Crippen molar-refractivity contribution in [3.63, 3.8) is 0 Å². The van der Waals surface area contributed by atoms with Crippen LogP contribution in [0.3, 0.4) is 0 Å². The van der Waals surface area contributed by atoms with E-state index < -0.39 is 0 Å². The van der Waals surface area contributed by atoms with Crippen molar-refractivity contribution in [3.8, 4) is 0 Å². The fourth-order valence-corrected chi connectivity index (χ4v) is 4.18. The van der Waals surface area contributed by atoms with E-state index in [1.54, 1.807) is 0 Å². The Kier molecular flexibility index (Phi) is 3.85. The Hall–Kier alpha value is -1.81. The second-order valence-corrected chi connectivity index (χ2v) is 7.18. The predicted molar refractivity (Wildman–Crippen MR) is 90.0 cm³/mol. The van der Waals surface area contributed by atoms with Crippen molar-refractivity contribution in [2.45, 2.75) is 50.7 Å². The molecule has 0 radical (unpaired) electrons. The average Bonchev–Trinajstić information content (AvgIpc) is 3.09. The van der Waals surface area contributed by atoms with Crippen LogP contribution in [-0.2, 0) is 11.3 Å². The van der Waals surface area contributed by atoms with E-state index in [0.717, 1.165) is 29.6 Å². The molecule has 23 heavy (non-hydrogen) atoms. The van der Waals surface area contributed by atoms with E-state index in [9.17, 15) is 4.79 Å². The fraction of sp³-hybridized carbons (Fsp3) is 0.526. The molecular weight excluding hydrogens is 288 g/mol. The van der Waals surface area contributed by atoms with Gasteiger partial charge in [-0.3, -0.25) is 4.79 Å². The Bertz CT molecular complexity index is 663. The Labute approximate surface area is 136 Å². The maximum atomic E-state index is 12.5. The normalized spacial score (nSPS) is 26.6. The molecule has 2 atom stereocenters. The van der Waals surface area contributed by atoms with Gasteiger partial charge in [0.15, 0.2) is 0 Å². The molecule has 2 fully saturated rings. The molecule has 4 nitrogen and oxygen atoms in total. The van der Waals surface area contributed by atoms with E-state index in [1.165, 1.54) is 12.8 Å². The lowest BCUT2D eigenvalue weighted by atomic mass is 9.89. The number of amides is 1. The second kappa shape index (κ2) is 6.00. The van der Waals surface area contributed by atoms with Crippen LogP contribution in [0.2, 0.25) is 0 Å². The highest BCUT2D eigenvalue weighted by Crippen LogP contribution is 2.33. The summed E-state index contributed by atoms with van der Waals surface area (Å²) in [6, 6.07) is 11.3. The van der Waals surface area contributed by atoms with E-state index in [-0.39, 0.29) is 5.91 Å². The van der Waals surface area contributed by atoms with Crippen molar-refractivity contribution in [1.82, 2.24) is 10.2 Å². The van der Waals surface area contributed by atoms with E-state index in [1.807, 2.05) is 42.3 Å². The number of carbonyl (C=O) groups is 1. The Morgan fingerprint density at radius 1 is 1.26 bits per heavy atom. The first-order chi connectivity index (χ1) is 11.2. The monoisotopic (exact) mass is 312 g/mol. The SMILES string of the molecule is CN(Cc1cc2ccccc2o1)C(=O)CC1CC2CCC(C1)N2. The smallest absolute Gasteiger partial charge is 0.222 e. The van der Waals surface area contributed by atoms with E-state index >= 15 is 0 Å². The molecule has 2 saturated heterocycles. The van der Waals surface area contributed by atoms with Crippen LogP contribution >= 0.6 is 0 Å². The van der Waals surface area contributed by atoms with Gasteiger partial charge in [-0.15, -0.1) is 0 Å². The van der Waals surface area contributed by atoms with Crippen LogP contribution in [0.1, 0.15) is 37.9 Å². The highest BCUT2D eigenvalue weighted by Gasteiger charge is 2.34. The van der Waals surface area contributed by atoms with Gasteiger partial charge in [0, 0.05) is 30.9 Å². The number of para-hydroxylation sites is 1. The first-order valence-corrected chi connectivity index (χ1v) is 8.65. The quantitative estimate of drug-likeness (QED) is 0.942. The van der Waals surface area contributed by atoms with Gasteiger partial charge in [-0.05, 0) is 43.7 Å². The highest BCUT2D eigenvalue weighted by molar-refractivity contribution is 5.78. The molecule has 4 rings (SSSR count). The molecule has 1 amide bonds. The molecule has 4 heteroatoms. The van der Waals surface area contributed by atoms with E-state index in [4.69, 9.17) is 4.42 Å². The molecule has 2 aliphatic heterocycles. The van der Waals surface area contributed by atoms with Gasteiger partial charge in [-0.2, -0.15) is 0 Å². The summed E-state index contributed by atoms with van der Waals surface area (Å²) in [6.07, 6.45) is 5.54. The molecule has 1 N–H and O–H groups in total. The molecule has 2 aliphatic rings. The summed E-state index contributed by atoms with van der Waals surface area (Å²) >= 11 is 0. The van der Waals surface area contributed by atoms with Gasteiger partial charge in [0.05, 0.1) is 6.54 Å². The van der Waals surface area contributed by atoms with Gasteiger partial charge in [0.1, 0.15) is 11.3 Å². The lowest BCUT2D eigenvalue weighted by Gasteiger charge is -2.29. The van der Waals surface area contributed by atoms with Crippen molar-refractivity contribution >= 4 is 16.9 Å². The average molecular weight is 312 g/mol. The first-order valence-electron chi connectivity index (χ1n) is 8.65. The number of furan rings is 1. The summed E-state index contributed by atoms with van der Waals surface area (Å²) in [4.78, 5) is 14.3. The molecule has 2 aromatic rings. The van der Waals surface area contributed by atoms with Crippen LogP contribution in [0.4, 0.5) is 0 Å². The largest absolute Gasteiger partial charge is 0.459 e. The molecule has 2 bridgehead atoms. The Morgan fingerprint density at radius 3 is 2.74 bits per heavy atom. The maximum Gasteiger partial charge on any atom is 0.222 e. The summed E-state index contributed by atoms with van der Waals surface area (Å²) in [7, 11) is 1.88. The summed E-state index contributed by atoms with van der Waals surface area (Å²) in [5.74, 6) is 1.63. The van der Waals surface area contributed by atoms with Crippen molar-refractivity contribution in [1.29, 1.82) is 0 Å². The minimum Gasteiger partial charge on any atom is -0.459 e. The topological polar surface area (TPSA) is 45.5 Å². The van der Waals surface area contributed by atoms with Gasteiger partial charge < -0.3 is 14.6 Å². The maximum absolute atomic E-state index is 12.5. The summed E-state index contributed by atoms with van der Waals surface area (Å²) < 4.78 is 5.82. The number of rotatable bonds is 4. The highest BCUT2D eigenvalue weighted by atomic mass is 16.3. The molecular formula is C19H24N2O2. The minimum absolute atomic E-state index is 0.233. The van der Waals surface area contributed by atoms with Gasteiger partial charge in [-0.1, -0.05) is 18.2 Å². The van der Waals surface area contributed by atoms with Crippen LogP contribution in [0.25, 0.3) is 11.0 Å². The van der Waals surface area contributed by atoms with Crippen molar-refractivity contribution in [2.24, 2.45) is 5.92 Å². The summed E-state index contributed by atoms with van der Waals surface area (Å²) in [5, 5.41) is 4.73. The lowest BCUT2D eigenvalue weighted by molar-refractivity contribution is -0.131. The predicted octanol–water partition coefficient (Wildman–Crippen LogP) is 3.31. The van der Waals surface area contributed by atoms with Gasteiger partial charge in [0.25, 0.3) is 0 Å². The number of carbonyl (C=O) groups excluding carboxylic acids is 1. The number of benzene rings is 1. The van der Waals surface area contributed by atoms with Crippen molar-refractivity contribution in [2.75, 3.05) is 7.05 Å². The number of piperidine rings is 1. The standard InChI is InChI=1S/C19H24N2O2/c1-21(12-17-11-14-4-2-3-5-18(14)23-17)19(22)10-13-8-15-6-7-16(9-13)20-15/h2-5,11,13,15-16,20H,6-10,12H2,1H3. The van der Waals surface area contributed by atoms with Gasteiger partial charge >= 0.3 is 0 Å².